The Hall–Kier alpha value is -13.3. The first-order valence-corrected chi connectivity index (χ1v) is 45.2. The van der Waals surface area contributed by atoms with Crippen molar-refractivity contribution < 1.29 is 102 Å². The molecule has 3 saturated heterocycles. The number of ketones is 1. The number of Topliss-reactive ketones (excluding diaryl/α,β-unsaturated/α-hetero) is 1. The number of hydrogen-bond acceptors (Lipinski definition) is 23. The fourth-order valence-electron chi connectivity index (χ4n) is 16.5. The highest BCUT2D eigenvalue weighted by Gasteiger charge is 2.47. The lowest BCUT2D eigenvalue weighted by Gasteiger charge is -2.36. The molecule has 42 nitrogen and oxygen atoms in total. The van der Waals surface area contributed by atoms with Gasteiger partial charge < -0.3 is 120 Å². The minimum absolute atomic E-state index is 0.00868. The third-order valence-corrected chi connectivity index (χ3v) is 25.1. The number of carbonyl (C=O) groups is 18. The molecule has 21 N–H and O–H groups in total. The van der Waals surface area contributed by atoms with E-state index < -0.39 is 260 Å². The van der Waals surface area contributed by atoms with Crippen molar-refractivity contribution >= 4 is 140 Å². The molecular formula is C89H121N21O21S. The summed E-state index contributed by atoms with van der Waals surface area (Å²) in [5, 5.41) is 57.5. The van der Waals surface area contributed by atoms with Gasteiger partial charge in [0.1, 0.15) is 78.3 Å². The molecule has 0 spiro atoms. The number of H-pyrrole nitrogens is 3. The van der Waals surface area contributed by atoms with E-state index in [9.17, 15) is 68.1 Å². The molecule has 0 saturated carbocycles. The van der Waals surface area contributed by atoms with Crippen LogP contribution in [0, 0.1) is 12.8 Å². The average molecular weight is 1850 g/mol. The Kier molecular flexibility index (Phi) is 37.2. The number of amides is 17. The molecule has 3 aromatic heterocycles. The van der Waals surface area contributed by atoms with Gasteiger partial charge >= 0.3 is 0 Å². The Morgan fingerprint density at radius 3 is 1.85 bits per heavy atom. The first kappa shape index (κ1) is 102. The maximum atomic E-state index is 15.7. The molecule has 43 heteroatoms. The van der Waals surface area contributed by atoms with Crippen LogP contribution in [0.25, 0.3) is 21.8 Å². The number of likely N-dealkylation sites (N-methyl/N-ethyl adjacent to an activating group) is 3. The van der Waals surface area contributed by atoms with Crippen molar-refractivity contribution in [2.24, 2.45) is 23.1 Å². The summed E-state index contributed by atoms with van der Waals surface area (Å²) >= 11 is 0.773. The molecule has 0 bridgehead atoms. The van der Waals surface area contributed by atoms with Crippen molar-refractivity contribution in [3.8, 4) is 5.75 Å². The van der Waals surface area contributed by atoms with Crippen LogP contribution in [-0.4, -0.2) is 309 Å². The Morgan fingerprint density at radius 1 is 0.576 bits per heavy atom. The van der Waals surface area contributed by atoms with Gasteiger partial charge in [0.05, 0.1) is 43.8 Å². The van der Waals surface area contributed by atoms with Gasteiger partial charge in [0.2, 0.25) is 100 Å². The van der Waals surface area contributed by atoms with E-state index in [-0.39, 0.29) is 69.4 Å². The first-order chi connectivity index (χ1) is 62.8. The number of fused-ring (bicyclic) bond motifs is 4. The number of aromatic nitrogens is 4. The fourth-order valence-corrected chi connectivity index (χ4v) is 17.4. The van der Waals surface area contributed by atoms with Crippen LogP contribution in [0.2, 0.25) is 0 Å². The number of aliphatic hydroxyl groups excluding tert-OH is 2. The van der Waals surface area contributed by atoms with Crippen LogP contribution in [0.15, 0.2) is 91.5 Å². The Bertz CT molecular complexity index is 5180. The Morgan fingerprint density at radius 2 is 1.19 bits per heavy atom. The Labute approximate surface area is 765 Å². The van der Waals surface area contributed by atoms with E-state index in [0.717, 1.165) is 36.3 Å². The number of imidazole rings is 1. The zero-order valence-corrected chi connectivity index (χ0v) is 75.9. The molecule has 0 radical (unpaired) electrons. The van der Waals surface area contributed by atoms with E-state index in [0.29, 0.717) is 69.9 Å². The largest absolute Gasteiger partial charge is 0.508 e. The lowest BCUT2D eigenvalue weighted by atomic mass is 9.90. The number of benzene rings is 3. The van der Waals surface area contributed by atoms with Crippen LogP contribution in [-0.2, 0) is 112 Å². The number of aryl methyl sites for hydroxylation is 1. The zero-order valence-electron chi connectivity index (χ0n) is 75.1. The highest BCUT2D eigenvalue weighted by Crippen LogP contribution is 2.31. The molecule has 0 aliphatic carbocycles. The zero-order chi connectivity index (χ0) is 96.5. The maximum Gasteiger partial charge on any atom is 0.246 e. The van der Waals surface area contributed by atoms with Crippen LogP contribution in [0.4, 0.5) is 0 Å². The molecule has 714 valence electrons. The van der Waals surface area contributed by atoms with Gasteiger partial charge in [-0.25, -0.2) is 4.98 Å². The number of aromatic amines is 3. The van der Waals surface area contributed by atoms with Crippen molar-refractivity contribution in [2.75, 3.05) is 58.9 Å². The Balaban J connectivity index is 1.09. The van der Waals surface area contributed by atoms with E-state index in [4.69, 9.17) is 17.2 Å². The van der Waals surface area contributed by atoms with Gasteiger partial charge in [0, 0.05) is 130 Å². The van der Waals surface area contributed by atoms with Gasteiger partial charge in [-0.05, 0) is 100 Å². The number of nitrogens with zero attached hydrogens (tertiary/aromatic N) is 6. The van der Waals surface area contributed by atoms with Crippen molar-refractivity contribution in [1.82, 2.24) is 92.3 Å². The predicted molar refractivity (Wildman–Crippen MR) is 481 cm³/mol. The summed E-state index contributed by atoms with van der Waals surface area (Å²) in [5.41, 5.74) is 20.4. The maximum absolute atomic E-state index is 15.7. The van der Waals surface area contributed by atoms with E-state index in [2.05, 4.69) is 67.8 Å². The topological polar surface area (TPSA) is 631 Å². The number of thioether (sulfide) groups is 1. The number of hydrogen-bond donors (Lipinski definition) is 18. The van der Waals surface area contributed by atoms with Crippen LogP contribution < -0.4 is 65.1 Å². The van der Waals surface area contributed by atoms with Gasteiger partial charge in [0.15, 0.2) is 5.78 Å². The molecule has 132 heavy (non-hydrogen) atoms. The number of nitrogens with one attached hydrogen (secondary N) is 12. The summed E-state index contributed by atoms with van der Waals surface area (Å²) < 4.78 is 0. The van der Waals surface area contributed by atoms with Crippen molar-refractivity contribution in [3.05, 3.63) is 120 Å². The van der Waals surface area contributed by atoms with Gasteiger partial charge in [-0.2, -0.15) is 0 Å². The first-order valence-electron chi connectivity index (χ1n) is 44.0. The lowest BCUT2D eigenvalue weighted by molar-refractivity contribution is -0.149. The molecule has 0 unspecified atom stereocenters. The number of phenolic OH excluding ortho intramolecular Hbond substituents is 1. The molecule has 3 aliphatic rings. The SMILES string of the molecule is CCCC[C@H]1C(=O)N(C)[C@@H](CCCC)C(=O)N[C@@H](C)C(=O)N[C@H](C(=O)NCC(N)=O)CSCC(=O)N[C@@H](Cc2ccc(O)cc2)C(=O)N(C)[C@@H](C)C(=O)N[C@@H](CC(N)=O)C(=O)N2CCC[C@H]2C(=O)N[C@@H](Cc2cnc[nH]2)C(=O)N[C@@H](CCC(N)=O)C(=O)N2C[C@H](O)C[C@H]2C(=O)C[C@@H](Cc2c[nH]c3ccccc23)C(=O)N[C@@H](CO)C(=O)N[C@@H](Cc2c(C)[nH]c3ccccc23)C(=O)N1C. The lowest BCUT2D eigenvalue weighted by Crippen LogP contribution is -2.60. The van der Waals surface area contributed by atoms with E-state index >= 15 is 33.6 Å². The van der Waals surface area contributed by atoms with Gasteiger partial charge in [-0.3, -0.25) is 86.3 Å². The monoisotopic (exact) mass is 1850 g/mol. The highest BCUT2D eigenvalue weighted by molar-refractivity contribution is 8.00. The van der Waals surface area contributed by atoms with Crippen LogP contribution in [0.5, 0.6) is 5.75 Å². The molecular weight excluding hydrogens is 1730 g/mol. The van der Waals surface area contributed by atoms with Gasteiger partial charge in [-0.15, -0.1) is 11.8 Å². The summed E-state index contributed by atoms with van der Waals surface area (Å²) in [4.78, 5) is 280. The predicted octanol–water partition coefficient (Wildman–Crippen LogP) is -2.55. The number of para-hydroxylation sites is 2. The number of carbonyl (C=O) groups excluding carboxylic acids is 18. The van der Waals surface area contributed by atoms with Crippen molar-refractivity contribution in [2.45, 2.75) is 228 Å². The summed E-state index contributed by atoms with van der Waals surface area (Å²) in [6, 6.07) is -0.693. The second-order valence-electron chi connectivity index (χ2n) is 33.8. The van der Waals surface area contributed by atoms with E-state index in [1.165, 1.54) is 71.8 Å². The number of nitrogens with two attached hydrogens (primary N) is 3. The van der Waals surface area contributed by atoms with Crippen LogP contribution >= 0.6 is 11.8 Å². The summed E-state index contributed by atoms with van der Waals surface area (Å²) in [7, 11) is 3.91. The van der Waals surface area contributed by atoms with E-state index in [1.54, 1.807) is 61.7 Å². The molecule has 17 amide bonds. The van der Waals surface area contributed by atoms with Crippen molar-refractivity contribution in [1.29, 1.82) is 0 Å². The van der Waals surface area contributed by atoms with Crippen molar-refractivity contribution in [3.63, 3.8) is 0 Å². The summed E-state index contributed by atoms with van der Waals surface area (Å²) in [6.07, 6.45) is 0.483. The molecule has 6 heterocycles. The molecule has 6 aromatic rings. The second kappa shape index (κ2) is 48.0. The number of phenols is 1. The molecule has 15 atom stereocenters. The number of unbranched alkanes of at least 4 members (excludes halogenated alkanes) is 2. The minimum Gasteiger partial charge on any atom is -0.508 e. The molecule has 3 fully saturated rings. The van der Waals surface area contributed by atoms with Crippen LogP contribution in [0.3, 0.4) is 0 Å². The molecule has 9 rings (SSSR count). The quantitative estimate of drug-likeness (QED) is 0.0314. The van der Waals surface area contributed by atoms with Crippen LogP contribution in [0.1, 0.15) is 139 Å². The number of aliphatic hydroxyl groups is 2. The number of aromatic hydroxyl groups is 1. The smallest absolute Gasteiger partial charge is 0.246 e. The number of primary amides is 3. The number of rotatable bonds is 23. The van der Waals surface area contributed by atoms with Gasteiger partial charge in [0.25, 0.3) is 0 Å². The molecule has 3 aliphatic heterocycles. The normalized spacial score (nSPS) is 25.1. The second-order valence-corrected chi connectivity index (χ2v) is 34.8. The third-order valence-electron chi connectivity index (χ3n) is 24.1. The third kappa shape index (κ3) is 27.4. The highest BCUT2D eigenvalue weighted by atomic mass is 32.2. The molecule has 3 aromatic carbocycles. The van der Waals surface area contributed by atoms with E-state index in [1.807, 2.05) is 13.8 Å². The average Bonchev–Trinajstić information content (AvgIpc) is 1.40. The summed E-state index contributed by atoms with van der Waals surface area (Å²) in [5.74, 6) is -19.5. The summed E-state index contributed by atoms with van der Waals surface area (Å²) in [6.45, 7) is 5.51. The van der Waals surface area contributed by atoms with Gasteiger partial charge in [-0.1, -0.05) is 88.1 Å². The standard InChI is InChI=1S/C89H121N21O21S/c1-9-11-22-68-83(125)98-48(4)77(119)105-67(80(122)95-41-75(92)117)44-132-45-76(118)99-63(32-50-25-27-54(112)28-26-50)85(127)106(6)49(5)78(120)102-65(38-74(91)116)88(130)109-31-17-24-69(109)84(126)101-62(35-53-40-93-46-96-53)81(123)100-61(29-30-73(90)115)87(129)110-42-55(113)36-71(110)72(114)34-51(33-52-39-94-59-20-15-13-18-56(52)59)79(121)104-66(43-111)82(124)103-64(37-58-47(3)97-60-21-16-14-19-57(58)60)86(128)108(8)70(23-12-10-2)89(131)107(68)7/h13-16,18-21,25-28,39-40,46,48-49,51,55,61-71,94,97,111-113H,9-12,17,22-24,29-38,41-45H2,1-8H3,(H2,90,115)(H2,91,116)(H2,92,117)(H,93,96)(H,95,122)(H,98,125)(H,99,118)(H,100,123)(H,101,126)(H,102,120)(H,103,124)(H,104,121)(H,105,119)/t48-,49-,51+,55+,61-,62-,63-,64-,65-,66-,67-,68-,69-,70-,71-/m0/s1. The minimum atomic E-state index is -1.87. The fraction of sp³-hybridized carbons (Fsp3) is 0.517.